The van der Waals surface area contributed by atoms with E-state index in [2.05, 4.69) is 185 Å². The van der Waals surface area contributed by atoms with E-state index >= 15 is 0 Å². The topological polar surface area (TPSA) is 23.0 Å². The fourth-order valence-corrected chi connectivity index (χ4v) is 8.18. The van der Waals surface area contributed by atoms with Crippen LogP contribution in [0.2, 0.25) is 0 Å². The lowest BCUT2D eigenvalue weighted by Gasteiger charge is -2.11. The average molecular weight is 651 g/mol. The molecule has 0 aliphatic carbocycles. The fraction of sp³-hybridized carbons (Fsp3) is 0. The van der Waals surface area contributed by atoms with Crippen LogP contribution >= 0.6 is 0 Å². The van der Waals surface area contributed by atoms with Gasteiger partial charge < -0.3 is 13.6 Å². The van der Waals surface area contributed by atoms with Gasteiger partial charge in [-0.15, -0.1) is 0 Å². The largest absolute Gasteiger partial charge is 0.455 e. The van der Waals surface area contributed by atoms with E-state index in [-0.39, 0.29) is 0 Å². The van der Waals surface area contributed by atoms with Crippen molar-refractivity contribution in [1.29, 1.82) is 0 Å². The lowest BCUT2D eigenvalue weighted by molar-refractivity contribution is 0.673. The molecular weight excluding hydrogens is 621 g/mol. The van der Waals surface area contributed by atoms with Crippen LogP contribution in [0, 0.1) is 0 Å². The van der Waals surface area contributed by atoms with Gasteiger partial charge in [0.05, 0.1) is 27.5 Å². The third kappa shape index (κ3) is 4.19. The summed E-state index contributed by atoms with van der Waals surface area (Å²) in [6, 6.07) is 65.4. The molecule has 3 heteroatoms. The predicted octanol–water partition coefficient (Wildman–Crippen LogP) is 13.1. The van der Waals surface area contributed by atoms with Gasteiger partial charge in [0.25, 0.3) is 0 Å². The Morgan fingerprint density at radius 3 is 1.47 bits per heavy atom. The summed E-state index contributed by atoms with van der Waals surface area (Å²) < 4.78 is 11.4. The molecule has 0 N–H and O–H groups in total. The van der Waals surface area contributed by atoms with Gasteiger partial charge in [-0.2, -0.15) is 0 Å². The highest BCUT2D eigenvalue weighted by Gasteiger charge is 2.19. The maximum atomic E-state index is 6.61. The first-order chi connectivity index (χ1) is 25.3. The summed E-state index contributed by atoms with van der Waals surface area (Å²) in [6.07, 6.45) is 0. The Hall–Kier alpha value is -6.84. The van der Waals surface area contributed by atoms with Crippen molar-refractivity contribution in [1.82, 2.24) is 9.13 Å². The van der Waals surface area contributed by atoms with E-state index in [0.29, 0.717) is 0 Å². The molecule has 0 aliphatic heterocycles. The summed E-state index contributed by atoms with van der Waals surface area (Å²) in [5, 5.41) is 7.15. The highest BCUT2D eigenvalue weighted by molar-refractivity contribution is 6.24. The van der Waals surface area contributed by atoms with Gasteiger partial charge in [0.15, 0.2) is 0 Å². The summed E-state index contributed by atoms with van der Waals surface area (Å²) >= 11 is 0. The molecule has 0 saturated heterocycles. The molecule has 11 rings (SSSR count). The zero-order valence-corrected chi connectivity index (χ0v) is 27.6. The van der Waals surface area contributed by atoms with Crippen LogP contribution in [0.25, 0.3) is 99.2 Å². The van der Waals surface area contributed by atoms with Crippen molar-refractivity contribution in [2.75, 3.05) is 0 Å². The van der Waals surface area contributed by atoms with E-state index in [4.69, 9.17) is 4.42 Å². The van der Waals surface area contributed by atoms with Crippen LogP contribution in [0.4, 0.5) is 0 Å². The molecule has 0 atom stereocenters. The Labute approximate surface area is 293 Å². The molecule has 3 nitrogen and oxygen atoms in total. The molecule has 0 spiro atoms. The number of rotatable bonds is 4. The summed E-state index contributed by atoms with van der Waals surface area (Å²) in [5.74, 6) is 0. The molecule has 238 valence electrons. The molecule has 0 fully saturated rings. The van der Waals surface area contributed by atoms with Gasteiger partial charge in [-0.25, -0.2) is 0 Å². The number of hydrogen-bond donors (Lipinski definition) is 0. The maximum absolute atomic E-state index is 6.61. The Morgan fingerprint density at radius 1 is 0.314 bits per heavy atom. The van der Waals surface area contributed by atoms with Gasteiger partial charge in [-0.1, -0.05) is 115 Å². The summed E-state index contributed by atoms with van der Waals surface area (Å²) in [6.45, 7) is 0. The highest BCUT2D eigenvalue weighted by atomic mass is 16.3. The van der Waals surface area contributed by atoms with E-state index in [1.807, 2.05) is 6.07 Å². The third-order valence-corrected chi connectivity index (χ3v) is 10.5. The van der Waals surface area contributed by atoms with Gasteiger partial charge in [0, 0.05) is 38.3 Å². The van der Waals surface area contributed by atoms with Gasteiger partial charge in [-0.3, -0.25) is 0 Å². The molecule has 8 aromatic carbocycles. The minimum absolute atomic E-state index is 0.911. The zero-order chi connectivity index (χ0) is 33.5. The predicted molar refractivity (Wildman–Crippen MR) is 213 cm³/mol. The Bertz CT molecular complexity index is 3050. The van der Waals surface area contributed by atoms with E-state index in [9.17, 15) is 0 Å². The van der Waals surface area contributed by atoms with E-state index in [0.717, 1.165) is 49.7 Å². The quantitative estimate of drug-likeness (QED) is 0.186. The SMILES string of the molecule is c1ccc(-c2ccc3c(c2)c2c4oc5ccccc5c4ccc2n3-c2ccc(-c3ccc(-n4c5ccccc5c5ccccc54)cc3)cc2)cc1. The normalized spacial score (nSPS) is 11.9. The van der Waals surface area contributed by atoms with Crippen molar-refractivity contribution >= 4 is 65.6 Å². The van der Waals surface area contributed by atoms with Crippen molar-refractivity contribution in [3.8, 4) is 33.6 Å². The molecule has 0 unspecified atom stereocenters. The third-order valence-electron chi connectivity index (χ3n) is 10.5. The highest BCUT2D eigenvalue weighted by Crippen LogP contribution is 2.42. The second-order valence-electron chi connectivity index (χ2n) is 13.3. The van der Waals surface area contributed by atoms with Crippen LogP contribution in [0.1, 0.15) is 0 Å². The van der Waals surface area contributed by atoms with Crippen LogP contribution in [0.15, 0.2) is 186 Å². The van der Waals surface area contributed by atoms with E-state index < -0.39 is 0 Å². The number of benzene rings is 8. The number of nitrogens with zero attached hydrogens (tertiary/aromatic N) is 2. The number of aromatic nitrogens is 2. The minimum Gasteiger partial charge on any atom is -0.455 e. The Morgan fingerprint density at radius 2 is 0.804 bits per heavy atom. The lowest BCUT2D eigenvalue weighted by Crippen LogP contribution is -1.94. The van der Waals surface area contributed by atoms with Crippen LogP contribution in [0.5, 0.6) is 0 Å². The average Bonchev–Trinajstić information content (AvgIpc) is 3.86. The van der Waals surface area contributed by atoms with Gasteiger partial charge in [0.1, 0.15) is 11.2 Å². The first kappa shape index (κ1) is 28.0. The second-order valence-corrected chi connectivity index (χ2v) is 13.3. The number of furan rings is 1. The second kappa shape index (κ2) is 10.8. The fourth-order valence-electron chi connectivity index (χ4n) is 8.18. The summed E-state index contributed by atoms with van der Waals surface area (Å²) in [5.41, 5.74) is 13.6. The molecular formula is C48H30N2O. The summed E-state index contributed by atoms with van der Waals surface area (Å²) in [4.78, 5) is 0. The standard InChI is InChI=1S/C48H30N2O/c1-2-10-31(11-3-1)34-22-28-44-41(30-34)47-45(29-27-40-39-14-6-9-17-46(39)51-48(40)47)50(44)36-25-20-33(21-26-36)32-18-23-35(24-19-32)49-42-15-7-4-12-37(42)38-13-5-8-16-43(38)49/h1-30H. The van der Waals surface area contributed by atoms with Crippen LogP contribution in [-0.2, 0) is 0 Å². The van der Waals surface area contributed by atoms with Gasteiger partial charge in [0.2, 0.25) is 0 Å². The zero-order valence-electron chi connectivity index (χ0n) is 27.6. The summed E-state index contributed by atoms with van der Waals surface area (Å²) in [7, 11) is 0. The van der Waals surface area contributed by atoms with E-state index in [1.54, 1.807) is 0 Å². The van der Waals surface area contributed by atoms with Crippen molar-refractivity contribution < 1.29 is 4.42 Å². The van der Waals surface area contributed by atoms with Crippen molar-refractivity contribution in [3.63, 3.8) is 0 Å². The smallest absolute Gasteiger partial charge is 0.145 e. The first-order valence-electron chi connectivity index (χ1n) is 17.4. The Kier molecular flexibility index (Phi) is 5.96. The molecule has 51 heavy (non-hydrogen) atoms. The monoisotopic (exact) mass is 650 g/mol. The van der Waals surface area contributed by atoms with E-state index in [1.165, 1.54) is 49.4 Å². The van der Waals surface area contributed by atoms with Crippen LogP contribution in [-0.4, -0.2) is 9.13 Å². The minimum atomic E-state index is 0.911. The molecule has 0 saturated carbocycles. The number of fused-ring (bicyclic) bond motifs is 10. The van der Waals surface area contributed by atoms with Gasteiger partial charge >= 0.3 is 0 Å². The van der Waals surface area contributed by atoms with Crippen molar-refractivity contribution in [3.05, 3.63) is 182 Å². The molecule has 0 amide bonds. The molecule has 3 heterocycles. The maximum Gasteiger partial charge on any atom is 0.145 e. The molecule has 0 bridgehead atoms. The van der Waals surface area contributed by atoms with Crippen molar-refractivity contribution in [2.45, 2.75) is 0 Å². The number of hydrogen-bond acceptors (Lipinski definition) is 1. The molecule has 0 aliphatic rings. The van der Waals surface area contributed by atoms with Crippen LogP contribution < -0.4 is 0 Å². The molecule has 11 aromatic rings. The number of para-hydroxylation sites is 3. The molecule has 0 radical (unpaired) electrons. The Balaban J connectivity index is 1.04. The lowest BCUT2D eigenvalue weighted by atomic mass is 10.0. The van der Waals surface area contributed by atoms with Crippen molar-refractivity contribution in [2.24, 2.45) is 0 Å². The van der Waals surface area contributed by atoms with Gasteiger partial charge in [-0.05, 0) is 89.0 Å². The van der Waals surface area contributed by atoms with Crippen LogP contribution in [0.3, 0.4) is 0 Å². The molecule has 3 aromatic heterocycles. The first-order valence-corrected chi connectivity index (χ1v) is 17.4.